The quantitative estimate of drug-likeness (QED) is 0.603. The number of ether oxygens (including phenoxy) is 2. The lowest BCUT2D eigenvalue weighted by molar-refractivity contribution is -0.286. The molecule has 13 heteroatoms. The minimum absolute atomic E-state index is 0.133. The zero-order chi connectivity index (χ0) is 22.6. The molecule has 3 aromatic rings. The van der Waals surface area contributed by atoms with Gasteiger partial charge >= 0.3 is 12.5 Å². The highest BCUT2D eigenvalue weighted by molar-refractivity contribution is 6.03. The number of nitrogens with one attached hydrogen (secondary N) is 1. The van der Waals surface area contributed by atoms with Crippen molar-refractivity contribution in [3.63, 3.8) is 0 Å². The van der Waals surface area contributed by atoms with E-state index >= 15 is 0 Å². The molecule has 0 spiro atoms. The molecule has 3 heterocycles. The molecule has 1 aliphatic rings. The van der Waals surface area contributed by atoms with Crippen LogP contribution in [0.2, 0.25) is 0 Å². The molecule has 4 rings (SSSR count). The number of anilines is 1. The molecule has 0 unspecified atom stereocenters. The first-order valence-electron chi connectivity index (χ1n) is 8.52. The Labute approximate surface area is 170 Å². The molecule has 0 saturated carbocycles. The lowest BCUT2D eigenvalue weighted by Crippen LogP contribution is -2.25. The maximum Gasteiger partial charge on any atom is 0.586 e. The van der Waals surface area contributed by atoms with Crippen molar-refractivity contribution in [1.29, 1.82) is 0 Å². The summed E-state index contributed by atoms with van der Waals surface area (Å²) in [5, 5.41) is 2.15. The topological polar surface area (TPSA) is 99.4 Å². The molecule has 0 saturated heterocycles. The first kappa shape index (κ1) is 20.5. The van der Waals surface area contributed by atoms with E-state index in [9.17, 15) is 26.7 Å². The van der Waals surface area contributed by atoms with Crippen molar-refractivity contribution in [3.05, 3.63) is 47.4 Å². The molecular weight excluding hydrogens is 431 g/mol. The molecular formula is C18H11F5N4O4. The molecule has 0 radical (unpaired) electrons. The van der Waals surface area contributed by atoms with E-state index in [1.54, 1.807) is 6.92 Å². The summed E-state index contributed by atoms with van der Waals surface area (Å²) in [6.45, 7) is 2.79. The Morgan fingerprint density at radius 1 is 1.06 bits per heavy atom. The minimum Gasteiger partial charge on any atom is -0.436 e. The number of oxazole rings is 1. The Bertz CT molecular complexity index is 1170. The summed E-state index contributed by atoms with van der Waals surface area (Å²) in [4.78, 5) is 23.6. The highest BCUT2D eigenvalue weighted by Gasteiger charge is 2.44. The van der Waals surface area contributed by atoms with Gasteiger partial charge in [0.05, 0.1) is 18.1 Å². The molecule has 0 atom stereocenters. The zero-order valence-corrected chi connectivity index (χ0v) is 15.7. The van der Waals surface area contributed by atoms with Crippen LogP contribution in [0.4, 0.5) is 27.8 Å². The van der Waals surface area contributed by atoms with E-state index in [0.717, 1.165) is 6.20 Å². The van der Waals surface area contributed by atoms with Crippen LogP contribution in [0.15, 0.2) is 28.9 Å². The Kier molecular flexibility index (Phi) is 4.56. The number of alkyl halides is 5. The molecule has 1 N–H and O–H groups in total. The smallest absolute Gasteiger partial charge is 0.436 e. The standard InChI is InChI=1S/C18H11F5N4O4/c1-7-3-11-12(31-18(22,23)30-11)4-9(7)10-5-25-13(6-24-10)27-16(28)14-15(17(19,20)21)29-8(2)26-14/h3-6H,1-2H3,(H,25,27,28). The van der Waals surface area contributed by atoms with E-state index in [2.05, 4.69) is 34.2 Å². The Hall–Kier alpha value is -3.77. The number of fused-ring (bicyclic) bond motifs is 1. The second-order valence-corrected chi connectivity index (χ2v) is 6.43. The van der Waals surface area contributed by atoms with Crippen molar-refractivity contribution in [1.82, 2.24) is 15.0 Å². The summed E-state index contributed by atoms with van der Waals surface area (Å²) in [7, 11) is 0. The fraction of sp³-hybridized carbons (Fsp3) is 0.222. The van der Waals surface area contributed by atoms with Crippen molar-refractivity contribution >= 4 is 11.7 Å². The van der Waals surface area contributed by atoms with E-state index in [1.807, 2.05) is 0 Å². The van der Waals surface area contributed by atoms with Crippen molar-refractivity contribution in [3.8, 4) is 22.8 Å². The van der Waals surface area contributed by atoms with Crippen LogP contribution in [0, 0.1) is 13.8 Å². The van der Waals surface area contributed by atoms with Gasteiger partial charge in [0.2, 0.25) is 5.76 Å². The van der Waals surface area contributed by atoms with E-state index in [1.165, 1.54) is 25.3 Å². The summed E-state index contributed by atoms with van der Waals surface area (Å²) >= 11 is 0. The maximum absolute atomic E-state index is 13.2. The summed E-state index contributed by atoms with van der Waals surface area (Å²) in [5.41, 5.74) is 0.227. The third-order valence-corrected chi connectivity index (χ3v) is 4.12. The number of aromatic nitrogens is 3. The van der Waals surface area contributed by atoms with Crippen molar-refractivity contribution in [2.75, 3.05) is 5.32 Å². The van der Waals surface area contributed by atoms with E-state index < -0.39 is 29.8 Å². The molecule has 1 aromatic carbocycles. The third kappa shape index (κ3) is 3.98. The average Bonchev–Trinajstić information content (AvgIpc) is 3.20. The second kappa shape index (κ2) is 6.89. The van der Waals surface area contributed by atoms with E-state index in [4.69, 9.17) is 0 Å². The summed E-state index contributed by atoms with van der Waals surface area (Å²) in [5.74, 6) is -3.53. The van der Waals surface area contributed by atoms with Crippen LogP contribution in [0.25, 0.3) is 11.3 Å². The van der Waals surface area contributed by atoms with Gasteiger partial charge in [0, 0.05) is 12.5 Å². The largest absolute Gasteiger partial charge is 0.586 e. The highest BCUT2D eigenvalue weighted by atomic mass is 19.4. The van der Waals surface area contributed by atoms with Gasteiger partial charge in [-0.25, -0.2) is 9.97 Å². The first-order valence-corrected chi connectivity index (χ1v) is 8.52. The lowest BCUT2D eigenvalue weighted by atomic mass is 10.1. The molecule has 8 nitrogen and oxygen atoms in total. The predicted molar refractivity (Wildman–Crippen MR) is 92.6 cm³/mol. The maximum atomic E-state index is 13.2. The molecule has 31 heavy (non-hydrogen) atoms. The van der Waals surface area contributed by atoms with Crippen LogP contribution in [-0.2, 0) is 6.18 Å². The Balaban J connectivity index is 1.56. The van der Waals surface area contributed by atoms with Crippen molar-refractivity contribution in [2.24, 2.45) is 0 Å². The van der Waals surface area contributed by atoms with E-state index in [0.29, 0.717) is 11.1 Å². The number of nitrogens with zero attached hydrogens (tertiary/aromatic N) is 3. The van der Waals surface area contributed by atoms with Gasteiger partial charge in [0.25, 0.3) is 5.91 Å². The Morgan fingerprint density at radius 3 is 2.35 bits per heavy atom. The molecule has 1 aliphatic heterocycles. The normalized spacial score (nSPS) is 14.5. The van der Waals surface area contributed by atoms with Crippen LogP contribution in [0.1, 0.15) is 27.7 Å². The zero-order valence-electron chi connectivity index (χ0n) is 15.7. The monoisotopic (exact) mass is 442 g/mol. The fourth-order valence-corrected chi connectivity index (χ4v) is 2.85. The minimum atomic E-state index is -4.91. The van der Waals surface area contributed by atoms with Crippen LogP contribution in [-0.4, -0.2) is 27.2 Å². The number of carbonyl (C=O) groups is 1. The van der Waals surface area contributed by atoms with Gasteiger partial charge in [0.1, 0.15) is 0 Å². The second-order valence-electron chi connectivity index (χ2n) is 6.43. The van der Waals surface area contributed by atoms with Gasteiger partial charge in [-0.15, -0.1) is 8.78 Å². The summed E-state index contributed by atoms with van der Waals surface area (Å²) in [6, 6.07) is 2.64. The fourth-order valence-electron chi connectivity index (χ4n) is 2.85. The van der Waals surface area contributed by atoms with Crippen LogP contribution < -0.4 is 14.8 Å². The number of aryl methyl sites for hydroxylation is 2. The number of rotatable bonds is 3. The number of hydrogen-bond acceptors (Lipinski definition) is 7. The summed E-state index contributed by atoms with van der Waals surface area (Å²) < 4.78 is 78.6. The molecule has 0 fully saturated rings. The van der Waals surface area contributed by atoms with Crippen LogP contribution in [0.3, 0.4) is 0 Å². The number of carbonyl (C=O) groups excluding carboxylic acids is 1. The van der Waals surface area contributed by atoms with Gasteiger partial charge in [-0.1, -0.05) is 0 Å². The average molecular weight is 442 g/mol. The number of benzene rings is 1. The molecule has 1 amide bonds. The van der Waals surface area contributed by atoms with Gasteiger partial charge in [-0.3, -0.25) is 9.78 Å². The van der Waals surface area contributed by atoms with Gasteiger partial charge in [-0.2, -0.15) is 13.2 Å². The van der Waals surface area contributed by atoms with Gasteiger partial charge < -0.3 is 19.2 Å². The van der Waals surface area contributed by atoms with Crippen molar-refractivity contribution in [2.45, 2.75) is 26.3 Å². The predicted octanol–water partition coefficient (Wildman–Crippen LogP) is 4.34. The van der Waals surface area contributed by atoms with Crippen molar-refractivity contribution < 1.29 is 40.6 Å². The first-order chi connectivity index (χ1) is 14.4. The number of hydrogen-bond donors (Lipinski definition) is 1. The Morgan fingerprint density at radius 2 is 1.74 bits per heavy atom. The lowest BCUT2D eigenvalue weighted by Gasteiger charge is -2.08. The van der Waals surface area contributed by atoms with Crippen LogP contribution >= 0.6 is 0 Å². The molecule has 162 valence electrons. The van der Waals surface area contributed by atoms with Gasteiger partial charge in [0.15, 0.2) is 28.9 Å². The van der Waals surface area contributed by atoms with Gasteiger partial charge in [-0.05, 0) is 24.6 Å². The highest BCUT2D eigenvalue weighted by Crippen LogP contribution is 2.44. The third-order valence-electron chi connectivity index (χ3n) is 4.12. The van der Waals surface area contributed by atoms with Crippen LogP contribution in [0.5, 0.6) is 11.5 Å². The van der Waals surface area contributed by atoms with E-state index in [-0.39, 0.29) is 28.9 Å². The number of halogens is 5. The summed E-state index contributed by atoms with van der Waals surface area (Å²) in [6.07, 6.45) is -6.39. The molecule has 0 aliphatic carbocycles. The number of amides is 1. The SMILES string of the molecule is Cc1nc(C(=O)Nc2cnc(-c3cc4c(cc3C)OC(F)(F)O4)cn2)c(C(F)(F)F)o1. The molecule has 2 aromatic heterocycles. The molecule has 0 bridgehead atoms.